The zero-order valence-corrected chi connectivity index (χ0v) is 11.8. The lowest BCUT2D eigenvalue weighted by atomic mass is 9.87. The normalized spacial score (nSPS) is 16.8. The average molecular weight is 266 g/mol. The molecule has 1 saturated heterocycles. The molecule has 7 nitrogen and oxygen atoms in total. The molecule has 1 aromatic rings. The van der Waals surface area contributed by atoms with Crippen molar-refractivity contribution in [3.05, 3.63) is 0 Å². The third-order valence-electron chi connectivity index (χ3n) is 3.68. The monoisotopic (exact) mass is 266 g/mol. The van der Waals surface area contributed by atoms with Gasteiger partial charge in [-0.1, -0.05) is 13.8 Å². The molecule has 1 fully saturated rings. The number of nitrogen functional groups attached to an aromatic ring is 1. The van der Waals surface area contributed by atoms with Crippen LogP contribution < -0.4 is 20.9 Å². The molecule has 0 saturated carbocycles. The number of nitrogens with one attached hydrogen (secondary N) is 1. The summed E-state index contributed by atoms with van der Waals surface area (Å²) in [5.74, 6) is 7.83. The Balaban J connectivity index is 2.10. The van der Waals surface area contributed by atoms with Gasteiger partial charge in [0.05, 0.1) is 7.11 Å². The molecule has 1 aliphatic heterocycles. The molecule has 19 heavy (non-hydrogen) atoms. The van der Waals surface area contributed by atoms with Crippen molar-refractivity contribution in [1.82, 2.24) is 15.0 Å². The van der Waals surface area contributed by atoms with Crippen LogP contribution in [0.25, 0.3) is 0 Å². The first-order chi connectivity index (χ1) is 9.13. The number of hydrogen-bond donors (Lipinski definition) is 2. The van der Waals surface area contributed by atoms with E-state index in [9.17, 15) is 0 Å². The van der Waals surface area contributed by atoms with E-state index < -0.39 is 0 Å². The molecule has 3 N–H and O–H groups in total. The van der Waals surface area contributed by atoms with Crippen molar-refractivity contribution in [2.24, 2.45) is 17.7 Å². The van der Waals surface area contributed by atoms with E-state index in [2.05, 4.69) is 39.1 Å². The molecule has 0 unspecified atom stereocenters. The molecular weight excluding hydrogens is 244 g/mol. The van der Waals surface area contributed by atoms with Crippen LogP contribution >= 0.6 is 0 Å². The second-order valence-corrected chi connectivity index (χ2v) is 5.16. The first kappa shape index (κ1) is 13.8. The molecule has 1 aromatic heterocycles. The summed E-state index contributed by atoms with van der Waals surface area (Å²) >= 11 is 0. The van der Waals surface area contributed by atoms with E-state index in [1.54, 1.807) is 0 Å². The third-order valence-corrected chi connectivity index (χ3v) is 3.68. The van der Waals surface area contributed by atoms with Gasteiger partial charge in [0, 0.05) is 13.1 Å². The van der Waals surface area contributed by atoms with E-state index in [-0.39, 0.29) is 6.01 Å². The van der Waals surface area contributed by atoms with Crippen LogP contribution in [0.2, 0.25) is 0 Å². The first-order valence-corrected chi connectivity index (χ1v) is 6.65. The standard InChI is InChI=1S/C12H22N6O/c1-8(2)9-4-6-18(7-5-9)11-14-10(17-13)15-12(16-11)19-3/h8-9H,4-7,13H2,1-3H3,(H,14,15,16,17). The third kappa shape index (κ3) is 3.23. The highest BCUT2D eigenvalue weighted by molar-refractivity contribution is 5.38. The maximum atomic E-state index is 5.36. The first-order valence-electron chi connectivity index (χ1n) is 6.65. The summed E-state index contributed by atoms with van der Waals surface area (Å²) in [5, 5.41) is 0. The minimum atomic E-state index is 0.281. The Hall–Kier alpha value is -1.63. The number of ether oxygens (including phenoxy) is 1. The molecule has 0 aliphatic carbocycles. The Kier molecular flexibility index (Phi) is 4.36. The van der Waals surface area contributed by atoms with Gasteiger partial charge < -0.3 is 9.64 Å². The summed E-state index contributed by atoms with van der Waals surface area (Å²) in [5.41, 5.74) is 2.44. The smallest absolute Gasteiger partial charge is 0.322 e. The number of nitrogens with two attached hydrogens (primary N) is 1. The molecular formula is C12H22N6O. The Morgan fingerprint density at radius 1 is 1.26 bits per heavy atom. The molecule has 0 amide bonds. The topological polar surface area (TPSA) is 89.2 Å². The predicted octanol–water partition coefficient (Wildman–Crippen LogP) is 1.04. The summed E-state index contributed by atoms with van der Waals surface area (Å²) in [6, 6.07) is 0.281. The molecule has 106 valence electrons. The summed E-state index contributed by atoms with van der Waals surface area (Å²) in [7, 11) is 1.53. The fourth-order valence-electron chi connectivity index (χ4n) is 2.41. The van der Waals surface area contributed by atoms with E-state index in [0.29, 0.717) is 11.9 Å². The highest BCUT2D eigenvalue weighted by atomic mass is 16.5. The van der Waals surface area contributed by atoms with Gasteiger partial charge in [-0.15, -0.1) is 0 Å². The van der Waals surface area contributed by atoms with Gasteiger partial charge in [-0.05, 0) is 24.7 Å². The predicted molar refractivity (Wildman–Crippen MR) is 74.0 cm³/mol. The SMILES string of the molecule is COc1nc(NN)nc(N2CCC(C(C)C)CC2)n1. The Labute approximate surface area is 113 Å². The molecule has 1 aliphatic rings. The molecule has 0 spiro atoms. The molecule has 2 rings (SSSR count). The molecule has 0 aromatic carbocycles. The summed E-state index contributed by atoms with van der Waals surface area (Å²) < 4.78 is 5.06. The zero-order valence-electron chi connectivity index (χ0n) is 11.8. The number of nitrogens with zero attached hydrogens (tertiary/aromatic N) is 4. The number of anilines is 2. The number of rotatable bonds is 4. The van der Waals surface area contributed by atoms with Gasteiger partial charge in [0.25, 0.3) is 0 Å². The fourth-order valence-corrected chi connectivity index (χ4v) is 2.41. The molecule has 2 heterocycles. The Bertz CT molecular complexity index is 394. The van der Waals surface area contributed by atoms with Gasteiger partial charge in [-0.25, -0.2) is 5.84 Å². The molecule has 0 atom stereocenters. The van der Waals surface area contributed by atoms with Crippen LogP contribution in [0.15, 0.2) is 0 Å². The number of piperidine rings is 1. The van der Waals surface area contributed by atoms with Gasteiger partial charge in [0.2, 0.25) is 11.9 Å². The van der Waals surface area contributed by atoms with Crippen molar-refractivity contribution in [3.63, 3.8) is 0 Å². The quantitative estimate of drug-likeness (QED) is 0.621. The van der Waals surface area contributed by atoms with E-state index in [4.69, 9.17) is 10.6 Å². The summed E-state index contributed by atoms with van der Waals surface area (Å²) in [4.78, 5) is 14.7. The van der Waals surface area contributed by atoms with Gasteiger partial charge >= 0.3 is 6.01 Å². The largest absolute Gasteiger partial charge is 0.467 e. The Morgan fingerprint density at radius 2 is 1.95 bits per heavy atom. The minimum Gasteiger partial charge on any atom is -0.467 e. The zero-order chi connectivity index (χ0) is 13.8. The lowest BCUT2D eigenvalue weighted by Crippen LogP contribution is -2.36. The Morgan fingerprint density at radius 3 is 2.47 bits per heavy atom. The van der Waals surface area contributed by atoms with Crippen molar-refractivity contribution in [1.29, 1.82) is 0 Å². The molecule has 0 radical (unpaired) electrons. The minimum absolute atomic E-state index is 0.281. The lowest BCUT2D eigenvalue weighted by molar-refractivity contribution is 0.309. The summed E-state index contributed by atoms with van der Waals surface area (Å²) in [6.45, 7) is 6.48. The number of hydrogen-bond acceptors (Lipinski definition) is 7. The second kappa shape index (κ2) is 6.01. The van der Waals surface area contributed by atoms with Crippen molar-refractivity contribution in [2.45, 2.75) is 26.7 Å². The average Bonchev–Trinajstić information content (AvgIpc) is 2.46. The van der Waals surface area contributed by atoms with Gasteiger partial charge in [0.1, 0.15) is 0 Å². The molecule has 0 bridgehead atoms. The van der Waals surface area contributed by atoms with Crippen LogP contribution in [0.4, 0.5) is 11.9 Å². The second-order valence-electron chi connectivity index (χ2n) is 5.16. The lowest BCUT2D eigenvalue weighted by Gasteiger charge is -2.33. The van der Waals surface area contributed by atoms with Gasteiger partial charge in [-0.2, -0.15) is 15.0 Å². The van der Waals surface area contributed by atoms with E-state index in [0.717, 1.165) is 37.8 Å². The van der Waals surface area contributed by atoms with Crippen LogP contribution in [0.3, 0.4) is 0 Å². The maximum Gasteiger partial charge on any atom is 0.322 e. The highest BCUT2D eigenvalue weighted by Gasteiger charge is 2.23. The maximum absolute atomic E-state index is 5.36. The van der Waals surface area contributed by atoms with Crippen molar-refractivity contribution in [2.75, 3.05) is 30.5 Å². The van der Waals surface area contributed by atoms with Crippen LogP contribution in [-0.4, -0.2) is 35.2 Å². The number of methoxy groups -OCH3 is 1. The fraction of sp³-hybridized carbons (Fsp3) is 0.750. The van der Waals surface area contributed by atoms with Crippen molar-refractivity contribution < 1.29 is 4.74 Å². The van der Waals surface area contributed by atoms with Gasteiger partial charge in [0.15, 0.2) is 0 Å². The summed E-state index contributed by atoms with van der Waals surface area (Å²) in [6.07, 6.45) is 2.33. The number of aromatic nitrogens is 3. The molecule has 7 heteroatoms. The van der Waals surface area contributed by atoms with Crippen LogP contribution in [0, 0.1) is 11.8 Å². The highest BCUT2D eigenvalue weighted by Crippen LogP contribution is 2.26. The van der Waals surface area contributed by atoms with Crippen LogP contribution in [0.5, 0.6) is 6.01 Å². The van der Waals surface area contributed by atoms with E-state index in [1.165, 1.54) is 7.11 Å². The van der Waals surface area contributed by atoms with E-state index in [1.807, 2.05) is 0 Å². The number of hydrazine groups is 1. The van der Waals surface area contributed by atoms with Crippen molar-refractivity contribution in [3.8, 4) is 6.01 Å². The van der Waals surface area contributed by atoms with Crippen molar-refractivity contribution >= 4 is 11.9 Å². The van der Waals surface area contributed by atoms with E-state index >= 15 is 0 Å². The van der Waals surface area contributed by atoms with Crippen LogP contribution in [-0.2, 0) is 0 Å². The van der Waals surface area contributed by atoms with Gasteiger partial charge in [-0.3, -0.25) is 5.43 Å². The van der Waals surface area contributed by atoms with Crippen LogP contribution in [0.1, 0.15) is 26.7 Å².